The highest BCUT2D eigenvalue weighted by Crippen LogP contribution is 2.26. The van der Waals surface area contributed by atoms with Crippen molar-refractivity contribution in [2.24, 2.45) is 0 Å². The molecule has 0 aliphatic carbocycles. The van der Waals surface area contributed by atoms with Crippen LogP contribution in [0.5, 0.6) is 5.75 Å². The summed E-state index contributed by atoms with van der Waals surface area (Å²) in [6.45, 7) is 2.86. The molecule has 1 aromatic carbocycles. The van der Waals surface area contributed by atoms with Crippen LogP contribution in [0, 0.1) is 10.1 Å². The van der Waals surface area contributed by atoms with Crippen LogP contribution in [-0.4, -0.2) is 32.0 Å². The maximum atomic E-state index is 11.5. The number of nitro groups is 1. The van der Waals surface area contributed by atoms with E-state index in [0.29, 0.717) is 17.5 Å². The maximum absolute atomic E-state index is 11.5. The number of nitrogens with one attached hydrogen (secondary N) is 1. The van der Waals surface area contributed by atoms with Crippen molar-refractivity contribution in [1.29, 1.82) is 0 Å². The van der Waals surface area contributed by atoms with Gasteiger partial charge in [0.25, 0.3) is 0 Å². The van der Waals surface area contributed by atoms with Gasteiger partial charge in [-0.15, -0.1) is 5.10 Å². The van der Waals surface area contributed by atoms with Crippen molar-refractivity contribution in [2.45, 2.75) is 25.0 Å². The second-order valence-corrected chi connectivity index (χ2v) is 5.45. The van der Waals surface area contributed by atoms with Gasteiger partial charge in [0.1, 0.15) is 0 Å². The molecule has 0 unspecified atom stereocenters. The summed E-state index contributed by atoms with van der Waals surface area (Å²) in [6.07, 6.45) is 0.833. The molecule has 0 bridgehead atoms. The number of nitro benzene ring substituents is 1. The number of benzene rings is 1. The van der Waals surface area contributed by atoms with E-state index >= 15 is 0 Å². The largest absolute Gasteiger partial charge is 0.486 e. The summed E-state index contributed by atoms with van der Waals surface area (Å²) < 4.78 is 7.00. The highest BCUT2D eigenvalue weighted by Gasteiger charge is 2.13. The molecule has 0 aliphatic rings. The first kappa shape index (κ1) is 16.1. The molecule has 22 heavy (non-hydrogen) atoms. The maximum Gasteiger partial charge on any atom is 0.343 e. The van der Waals surface area contributed by atoms with Crippen molar-refractivity contribution in [1.82, 2.24) is 14.8 Å². The van der Waals surface area contributed by atoms with Crippen LogP contribution in [0.15, 0.2) is 34.2 Å². The Morgan fingerprint density at radius 1 is 1.45 bits per heavy atom. The molecule has 0 aliphatic heterocycles. The highest BCUT2D eigenvalue weighted by atomic mass is 32.2. The number of aromatic nitrogens is 3. The van der Waals surface area contributed by atoms with Crippen molar-refractivity contribution in [3.8, 4) is 5.75 Å². The molecule has 9 heteroatoms. The van der Waals surface area contributed by atoms with E-state index in [2.05, 4.69) is 10.2 Å². The third-order valence-corrected chi connectivity index (χ3v) is 3.75. The van der Waals surface area contributed by atoms with Gasteiger partial charge in [-0.2, -0.15) is 0 Å². The van der Waals surface area contributed by atoms with Gasteiger partial charge in [0, 0.05) is 18.4 Å². The van der Waals surface area contributed by atoms with E-state index in [0.717, 1.165) is 6.42 Å². The minimum absolute atomic E-state index is 0.0600. The lowest BCUT2D eigenvalue weighted by atomic mass is 10.3. The first-order valence-corrected chi connectivity index (χ1v) is 7.76. The molecule has 0 amide bonds. The SMILES string of the molecule is CCCn1c(SCCOc2ccccc2[N+](=O)[O-])n[nH]c1=O. The quantitative estimate of drug-likeness (QED) is 0.345. The fraction of sp³-hybridized carbons (Fsp3) is 0.385. The van der Waals surface area contributed by atoms with Gasteiger partial charge in [-0.1, -0.05) is 30.8 Å². The minimum Gasteiger partial charge on any atom is -0.486 e. The van der Waals surface area contributed by atoms with E-state index in [-0.39, 0.29) is 23.7 Å². The van der Waals surface area contributed by atoms with E-state index in [1.54, 1.807) is 22.8 Å². The fourth-order valence-electron chi connectivity index (χ4n) is 1.85. The molecular formula is C13H16N4O4S. The van der Waals surface area contributed by atoms with Gasteiger partial charge in [-0.25, -0.2) is 9.89 Å². The Labute approximate surface area is 130 Å². The zero-order chi connectivity index (χ0) is 15.9. The Morgan fingerprint density at radius 3 is 2.95 bits per heavy atom. The Morgan fingerprint density at radius 2 is 2.23 bits per heavy atom. The third kappa shape index (κ3) is 3.88. The summed E-state index contributed by atoms with van der Waals surface area (Å²) in [6, 6.07) is 6.23. The molecule has 2 aromatic rings. The topological polar surface area (TPSA) is 103 Å². The number of hydrogen-bond acceptors (Lipinski definition) is 6. The van der Waals surface area contributed by atoms with Crippen LogP contribution in [0.1, 0.15) is 13.3 Å². The summed E-state index contributed by atoms with van der Waals surface area (Å²) in [7, 11) is 0. The predicted molar refractivity (Wildman–Crippen MR) is 82.5 cm³/mol. The molecule has 1 aromatic heterocycles. The van der Waals surface area contributed by atoms with Crippen molar-refractivity contribution in [2.75, 3.05) is 12.4 Å². The van der Waals surface area contributed by atoms with Crippen molar-refractivity contribution < 1.29 is 9.66 Å². The van der Waals surface area contributed by atoms with E-state index in [1.165, 1.54) is 17.8 Å². The number of H-pyrrole nitrogens is 1. The Bertz CT molecular complexity index is 697. The molecular weight excluding hydrogens is 308 g/mol. The summed E-state index contributed by atoms with van der Waals surface area (Å²) in [5.74, 6) is 0.765. The lowest BCUT2D eigenvalue weighted by Crippen LogP contribution is -2.17. The van der Waals surface area contributed by atoms with E-state index in [9.17, 15) is 14.9 Å². The smallest absolute Gasteiger partial charge is 0.343 e. The van der Waals surface area contributed by atoms with Crippen LogP contribution < -0.4 is 10.4 Å². The Hall–Kier alpha value is -2.29. The summed E-state index contributed by atoms with van der Waals surface area (Å²) in [5.41, 5.74) is -0.292. The highest BCUT2D eigenvalue weighted by molar-refractivity contribution is 7.99. The van der Waals surface area contributed by atoms with E-state index < -0.39 is 4.92 Å². The zero-order valence-electron chi connectivity index (χ0n) is 12.0. The van der Waals surface area contributed by atoms with Gasteiger partial charge in [0.15, 0.2) is 10.9 Å². The lowest BCUT2D eigenvalue weighted by Gasteiger charge is -2.06. The predicted octanol–water partition coefficient (Wildman–Crippen LogP) is 2.06. The summed E-state index contributed by atoms with van der Waals surface area (Å²) >= 11 is 1.37. The molecule has 118 valence electrons. The molecule has 0 saturated carbocycles. The van der Waals surface area contributed by atoms with Gasteiger partial charge in [-0.05, 0) is 12.5 Å². The summed E-state index contributed by atoms with van der Waals surface area (Å²) in [4.78, 5) is 21.9. The summed E-state index contributed by atoms with van der Waals surface area (Å²) in [5, 5.41) is 17.8. The molecule has 1 heterocycles. The van der Waals surface area contributed by atoms with Crippen LogP contribution >= 0.6 is 11.8 Å². The first-order chi connectivity index (χ1) is 10.6. The van der Waals surface area contributed by atoms with Crippen molar-refractivity contribution in [3.05, 3.63) is 44.9 Å². The molecule has 0 atom stereocenters. The average molecular weight is 324 g/mol. The van der Waals surface area contributed by atoms with Gasteiger partial charge in [0.05, 0.1) is 11.5 Å². The Kier molecular flexibility index (Phi) is 5.59. The van der Waals surface area contributed by atoms with Crippen LogP contribution in [-0.2, 0) is 6.54 Å². The van der Waals surface area contributed by atoms with Crippen LogP contribution in [0.4, 0.5) is 5.69 Å². The number of ether oxygens (including phenoxy) is 1. The molecule has 0 fully saturated rings. The van der Waals surface area contributed by atoms with Gasteiger partial charge < -0.3 is 4.74 Å². The van der Waals surface area contributed by atoms with Crippen LogP contribution in [0.25, 0.3) is 0 Å². The number of thioether (sulfide) groups is 1. The second-order valence-electron chi connectivity index (χ2n) is 4.38. The molecule has 1 N–H and O–H groups in total. The average Bonchev–Trinajstić information content (AvgIpc) is 2.85. The minimum atomic E-state index is -0.477. The molecule has 8 nitrogen and oxygen atoms in total. The Balaban J connectivity index is 1.90. The first-order valence-electron chi connectivity index (χ1n) is 6.77. The number of aromatic amines is 1. The standard InChI is InChI=1S/C13H16N4O4S/c1-2-7-16-12(18)14-15-13(16)22-9-8-21-11-6-4-3-5-10(11)17(19)20/h3-6H,2,7-9H2,1H3,(H,14,18). The molecule has 2 rings (SSSR count). The second kappa shape index (κ2) is 7.64. The zero-order valence-corrected chi connectivity index (χ0v) is 12.8. The fourth-order valence-corrected chi connectivity index (χ4v) is 2.64. The van der Waals surface area contributed by atoms with Gasteiger partial charge in [0.2, 0.25) is 0 Å². The molecule has 0 radical (unpaired) electrons. The number of rotatable bonds is 8. The van der Waals surface area contributed by atoms with Gasteiger partial charge >= 0.3 is 11.4 Å². The van der Waals surface area contributed by atoms with Crippen molar-refractivity contribution >= 4 is 17.4 Å². The monoisotopic (exact) mass is 324 g/mol. The molecule has 0 saturated heterocycles. The van der Waals surface area contributed by atoms with Gasteiger partial charge in [-0.3, -0.25) is 14.7 Å². The number of hydrogen-bond donors (Lipinski definition) is 1. The normalized spacial score (nSPS) is 10.6. The lowest BCUT2D eigenvalue weighted by molar-refractivity contribution is -0.385. The molecule has 0 spiro atoms. The van der Waals surface area contributed by atoms with Crippen LogP contribution in [0.3, 0.4) is 0 Å². The van der Waals surface area contributed by atoms with Crippen LogP contribution in [0.2, 0.25) is 0 Å². The number of nitrogens with zero attached hydrogens (tertiary/aromatic N) is 3. The third-order valence-electron chi connectivity index (χ3n) is 2.80. The van der Waals surface area contributed by atoms with Crippen molar-refractivity contribution in [3.63, 3.8) is 0 Å². The van der Waals surface area contributed by atoms with E-state index in [4.69, 9.17) is 4.74 Å². The van der Waals surface area contributed by atoms with E-state index in [1.807, 2.05) is 6.92 Å². The number of para-hydroxylation sites is 2.